The van der Waals surface area contributed by atoms with Crippen molar-refractivity contribution in [2.45, 2.75) is 44.7 Å². The lowest BCUT2D eigenvalue weighted by Crippen LogP contribution is -2.49. The average Bonchev–Trinajstić information content (AvgIpc) is 2.38. The van der Waals surface area contributed by atoms with Crippen molar-refractivity contribution < 1.29 is 9.53 Å². The molecule has 0 aliphatic carbocycles. The van der Waals surface area contributed by atoms with Crippen molar-refractivity contribution >= 4 is 5.91 Å². The highest BCUT2D eigenvalue weighted by molar-refractivity contribution is 5.81. The number of rotatable bonds is 7. The first-order valence-electron chi connectivity index (χ1n) is 6.94. The van der Waals surface area contributed by atoms with Crippen LogP contribution in [0, 0.1) is 0 Å². The molecule has 0 spiro atoms. The van der Waals surface area contributed by atoms with Gasteiger partial charge in [0.25, 0.3) is 0 Å². The van der Waals surface area contributed by atoms with Crippen LogP contribution in [0.25, 0.3) is 0 Å². The third kappa shape index (κ3) is 5.33. The average molecular weight is 257 g/mol. The summed E-state index contributed by atoms with van der Waals surface area (Å²) >= 11 is 0. The Hall–Kier alpha value is -0.650. The van der Waals surface area contributed by atoms with Crippen molar-refractivity contribution in [2.24, 2.45) is 5.73 Å². The van der Waals surface area contributed by atoms with E-state index in [0.717, 1.165) is 51.9 Å². The molecule has 1 heterocycles. The number of nitrogens with one attached hydrogen (secondary N) is 1. The third-order valence-electron chi connectivity index (χ3n) is 3.48. The molecule has 0 aromatic rings. The minimum atomic E-state index is -0.346. The summed E-state index contributed by atoms with van der Waals surface area (Å²) in [6.45, 7) is 5.85. The number of hydrogen-bond donors (Lipinski definition) is 2. The number of hydrogen-bond acceptors (Lipinski definition) is 4. The van der Waals surface area contributed by atoms with E-state index in [-0.39, 0.29) is 11.9 Å². The second-order valence-electron chi connectivity index (χ2n) is 5.01. The Morgan fingerprint density at radius 2 is 2.17 bits per heavy atom. The Labute approximate surface area is 110 Å². The van der Waals surface area contributed by atoms with Gasteiger partial charge in [0, 0.05) is 32.8 Å². The molecule has 5 nitrogen and oxygen atoms in total. The smallest absolute Gasteiger partial charge is 0.237 e. The molecule has 1 unspecified atom stereocenters. The summed E-state index contributed by atoms with van der Waals surface area (Å²) in [6.07, 6.45) is 3.73. The first kappa shape index (κ1) is 15.4. The van der Waals surface area contributed by atoms with Crippen LogP contribution in [0.2, 0.25) is 0 Å². The van der Waals surface area contributed by atoms with E-state index in [1.54, 1.807) is 7.11 Å². The number of carbonyl (C=O) groups is 1. The van der Waals surface area contributed by atoms with Gasteiger partial charge in [-0.2, -0.15) is 0 Å². The van der Waals surface area contributed by atoms with Gasteiger partial charge >= 0.3 is 0 Å². The Bertz CT molecular complexity index is 240. The maximum atomic E-state index is 11.8. The van der Waals surface area contributed by atoms with Crippen LogP contribution in [0.1, 0.15) is 32.6 Å². The van der Waals surface area contributed by atoms with Crippen LogP contribution < -0.4 is 11.1 Å². The number of amides is 1. The molecule has 1 aliphatic rings. The van der Waals surface area contributed by atoms with E-state index < -0.39 is 0 Å². The topological polar surface area (TPSA) is 67.6 Å². The van der Waals surface area contributed by atoms with Crippen molar-refractivity contribution in [1.82, 2.24) is 10.2 Å². The molecule has 1 rings (SSSR count). The van der Waals surface area contributed by atoms with Crippen LogP contribution in [0.4, 0.5) is 0 Å². The Morgan fingerprint density at radius 1 is 1.50 bits per heavy atom. The normalized spacial score (nSPS) is 19.7. The maximum absolute atomic E-state index is 11.8. The van der Waals surface area contributed by atoms with Gasteiger partial charge in [0.1, 0.15) is 0 Å². The molecule has 0 bridgehead atoms. The van der Waals surface area contributed by atoms with E-state index in [1.165, 1.54) is 0 Å². The zero-order chi connectivity index (χ0) is 13.4. The highest BCUT2D eigenvalue weighted by Gasteiger charge is 2.22. The first-order chi connectivity index (χ1) is 8.67. The second-order valence-corrected chi connectivity index (χ2v) is 5.01. The molecular weight excluding hydrogens is 230 g/mol. The zero-order valence-electron chi connectivity index (χ0n) is 11.7. The summed E-state index contributed by atoms with van der Waals surface area (Å²) in [7, 11) is 1.72. The van der Waals surface area contributed by atoms with Crippen LogP contribution >= 0.6 is 0 Å². The monoisotopic (exact) mass is 257 g/mol. The van der Waals surface area contributed by atoms with Gasteiger partial charge in [0.2, 0.25) is 5.91 Å². The van der Waals surface area contributed by atoms with Crippen LogP contribution in [0.15, 0.2) is 0 Å². The van der Waals surface area contributed by atoms with Crippen molar-refractivity contribution in [2.75, 3.05) is 33.4 Å². The van der Waals surface area contributed by atoms with Crippen molar-refractivity contribution in [3.05, 3.63) is 0 Å². The minimum absolute atomic E-state index is 0.00666. The molecule has 1 amide bonds. The Balaban J connectivity index is 2.20. The molecule has 3 N–H and O–H groups in total. The molecule has 0 aromatic carbocycles. The molecule has 1 fully saturated rings. The molecule has 0 saturated carbocycles. The molecule has 1 aliphatic heterocycles. The van der Waals surface area contributed by atoms with Crippen LogP contribution in [-0.2, 0) is 9.53 Å². The summed E-state index contributed by atoms with van der Waals surface area (Å²) in [5.41, 5.74) is 5.80. The lowest BCUT2D eigenvalue weighted by Gasteiger charge is -2.32. The Morgan fingerprint density at radius 3 is 2.72 bits per heavy atom. The van der Waals surface area contributed by atoms with Crippen LogP contribution in [-0.4, -0.2) is 56.2 Å². The standard InChI is InChI=1S/C13H27N3O2/c1-3-4-12(14)13(17)15-11-5-7-16(8-6-11)9-10-18-2/h11-12H,3-10,14H2,1-2H3,(H,15,17). The van der Waals surface area contributed by atoms with Gasteiger partial charge in [-0.1, -0.05) is 13.3 Å². The molecule has 18 heavy (non-hydrogen) atoms. The first-order valence-corrected chi connectivity index (χ1v) is 6.94. The van der Waals surface area contributed by atoms with E-state index in [1.807, 2.05) is 6.92 Å². The molecule has 0 radical (unpaired) electrons. The van der Waals surface area contributed by atoms with Gasteiger partial charge in [-0.15, -0.1) is 0 Å². The SMILES string of the molecule is CCCC(N)C(=O)NC1CCN(CCOC)CC1. The quantitative estimate of drug-likeness (QED) is 0.690. The van der Waals surface area contributed by atoms with Gasteiger partial charge in [0.15, 0.2) is 0 Å². The Kier molecular flexibility index (Phi) is 7.23. The molecule has 1 saturated heterocycles. The third-order valence-corrected chi connectivity index (χ3v) is 3.48. The van der Waals surface area contributed by atoms with Crippen molar-refractivity contribution in [3.8, 4) is 0 Å². The molecule has 5 heteroatoms. The second kappa shape index (κ2) is 8.45. The lowest BCUT2D eigenvalue weighted by molar-refractivity contribution is -0.123. The van der Waals surface area contributed by atoms with Crippen LogP contribution in [0.5, 0.6) is 0 Å². The van der Waals surface area contributed by atoms with Crippen LogP contribution in [0.3, 0.4) is 0 Å². The number of nitrogens with zero attached hydrogens (tertiary/aromatic N) is 1. The predicted octanol–water partition coefficient (Wildman–Crippen LogP) is 0.341. The van der Waals surface area contributed by atoms with Gasteiger partial charge in [0.05, 0.1) is 12.6 Å². The number of nitrogens with two attached hydrogens (primary N) is 1. The number of methoxy groups -OCH3 is 1. The van der Waals surface area contributed by atoms with Gasteiger partial charge in [-0.05, 0) is 19.3 Å². The minimum Gasteiger partial charge on any atom is -0.383 e. The highest BCUT2D eigenvalue weighted by atomic mass is 16.5. The van der Waals surface area contributed by atoms with Crippen molar-refractivity contribution in [1.29, 1.82) is 0 Å². The molecular formula is C13H27N3O2. The number of piperidine rings is 1. The number of ether oxygens (including phenoxy) is 1. The highest BCUT2D eigenvalue weighted by Crippen LogP contribution is 2.10. The fraction of sp³-hybridized carbons (Fsp3) is 0.923. The number of likely N-dealkylation sites (tertiary alicyclic amines) is 1. The maximum Gasteiger partial charge on any atom is 0.237 e. The summed E-state index contributed by atoms with van der Waals surface area (Å²) < 4.78 is 5.07. The molecule has 106 valence electrons. The van der Waals surface area contributed by atoms with Gasteiger partial charge in [-0.3, -0.25) is 4.79 Å². The van der Waals surface area contributed by atoms with E-state index in [0.29, 0.717) is 6.04 Å². The summed E-state index contributed by atoms with van der Waals surface area (Å²) in [6, 6.07) is -0.0549. The summed E-state index contributed by atoms with van der Waals surface area (Å²) in [5.74, 6) is 0.00666. The molecule has 0 aromatic heterocycles. The van der Waals surface area contributed by atoms with E-state index >= 15 is 0 Å². The fourth-order valence-electron chi connectivity index (χ4n) is 2.27. The van der Waals surface area contributed by atoms with E-state index in [4.69, 9.17) is 10.5 Å². The van der Waals surface area contributed by atoms with Crippen molar-refractivity contribution in [3.63, 3.8) is 0 Å². The summed E-state index contributed by atoms with van der Waals surface area (Å²) in [5, 5.41) is 3.06. The van der Waals surface area contributed by atoms with Gasteiger partial charge < -0.3 is 20.7 Å². The fourth-order valence-corrected chi connectivity index (χ4v) is 2.27. The number of carbonyl (C=O) groups excluding carboxylic acids is 1. The zero-order valence-corrected chi connectivity index (χ0v) is 11.7. The van der Waals surface area contributed by atoms with E-state index in [2.05, 4.69) is 10.2 Å². The molecule has 1 atom stereocenters. The lowest BCUT2D eigenvalue weighted by atomic mass is 10.0. The largest absolute Gasteiger partial charge is 0.383 e. The summed E-state index contributed by atoms with van der Waals surface area (Å²) in [4.78, 5) is 14.2. The van der Waals surface area contributed by atoms with Gasteiger partial charge in [-0.25, -0.2) is 0 Å². The predicted molar refractivity (Wildman–Crippen MR) is 72.4 cm³/mol. The van der Waals surface area contributed by atoms with E-state index in [9.17, 15) is 4.79 Å².